The van der Waals surface area contributed by atoms with Crippen LogP contribution < -0.4 is 5.32 Å². The Bertz CT molecular complexity index is 482. The predicted octanol–water partition coefficient (Wildman–Crippen LogP) is 3.00. The highest BCUT2D eigenvalue weighted by molar-refractivity contribution is 5.94. The van der Waals surface area contributed by atoms with Crippen molar-refractivity contribution in [3.05, 3.63) is 35.4 Å². The molecule has 0 aliphatic carbocycles. The quantitative estimate of drug-likeness (QED) is 0.928. The molecule has 1 heterocycles. The first-order chi connectivity index (χ1) is 9.38. The molecule has 0 aromatic heterocycles. The molecule has 1 amide bonds. The van der Waals surface area contributed by atoms with Crippen LogP contribution in [-0.2, 0) is 10.9 Å². The van der Waals surface area contributed by atoms with Crippen molar-refractivity contribution in [3.8, 4) is 0 Å². The Kier molecular flexibility index (Phi) is 4.32. The van der Waals surface area contributed by atoms with Crippen LogP contribution in [0.25, 0.3) is 0 Å². The first kappa shape index (κ1) is 14.8. The molecule has 1 aromatic carbocycles. The predicted molar refractivity (Wildman–Crippen MR) is 67.3 cm³/mol. The van der Waals surface area contributed by atoms with Crippen LogP contribution in [0.1, 0.15) is 35.7 Å². The third-order valence-corrected chi connectivity index (χ3v) is 3.33. The average molecular weight is 287 g/mol. The zero-order valence-corrected chi connectivity index (χ0v) is 11.0. The minimum Gasteiger partial charge on any atom is -0.376 e. The van der Waals surface area contributed by atoms with E-state index in [1.54, 1.807) is 6.92 Å². The zero-order valence-electron chi connectivity index (χ0n) is 11.0. The van der Waals surface area contributed by atoms with Crippen molar-refractivity contribution in [3.63, 3.8) is 0 Å². The fourth-order valence-corrected chi connectivity index (χ4v) is 2.22. The molecule has 6 heteroatoms. The largest absolute Gasteiger partial charge is 0.416 e. The van der Waals surface area contributed by atoms with E-state index in [1.165, 1.54) is 12.1 Å². The molecular formula is C14H16F3NO2. The molecule has 2 rings (SSSR count). The van der Waals surface area contributed by atoms with E-state index in [2.05, 4.69) is 5.32 Å². The molecule has 1 aromatic rings. The summed E-state index contributed by atoms with van der Waals surface area (Å²) < 4.78 is 43.2. The van der Waals surface area contributed by atoms with E-state index in [9.17, 15) is 18.0 Å². The number of amides is 1. The second kappa shape index (κ2) is 5.83. The van der Waals surface area contributed by atoms with Crippen molar-refractivity contribution < 1.29 is 22.7 Å². The smallest absolute Gasteiger partial charge is 0.376 e. The summed E-state index contributed by atoms with van der Waals surface area (Å²) in [6, 6.07) is 4.18. The van der Waals surface area contributed by atoms with Crippen LogP contribution in [0.3, 0.4) is 0 Å². The van der Waals surface area contributed by atoms with Gasteiger partial charge in [0.15, 0.2) is 0 Å². The topological polar surface area (TPSA) is 38.3 Å². The van der Waals surface area contributed by atoms with Gasteiger partial charge in [-0.3, -0.25) is 4.79 Å². The van der Waals surface area contributed by atoms with Gasteiger partial charge in [0.05, 0.1) is 17.7 Å². The molecule has 0 saturated carbocycles. The molecule has 1 N–H and O–H groups in total. The zero-order chi connectivity index (χ0) is 14.8. The molecule has 0 bridgehead atoms. The number of ether oxygens (including phenoxy) is 1. The molecule has 0 radical (unpaired) electrons. The molecule has 1 aliphatic heterocycles. The third kappa shape index (κ3) is 3.50. The molecule has 110 valence electrons. The lowest BCUT2D eigenvalue weighted by Crippen LogP contribution is -2.40. The van der Waals surface area contributed by atoms with Gasteiger partial charge >= 0.3 is 6.18 Å². The average Bonchev–Trinajstić information content (AvgIpc) is 2.91. The Morgan fingerprint density at radius 2 is 2.20 bits per heavy atom. The number of hydrogen-bond donors (Lipinski definition) is 1. The Morgan fingerprint density at radius 3 is 2.80 bits per heavy atom. The van der Waals surface area contributed by atoms with Gasteiger partial charge in [-0.25, -0.2) is 0 Å². The third-order valence-electron chi connectivity index (χ3n) is 3.33. The monoisotopic (exact) mass is 287 g/mol. The van der Waals surface area contributed by atoms with E-state index < -0.39 is 17.6 Å². The summed E-state index contributed by atoms with van der Waals surface area (Å²) in [5.74, 6) is -0.515. The molecular weight excluding hydrogens is 271 g/mol. The lowest BCUT2D eigenvalue weighted by molar-refractivity contribution is -0.137. The maximum Gasteiger partial charge on any atom is 0.416 e. The maximum atomic E-state index is 12.6. The van der Waals surface area contributed by atoms with E-state index in [0.717, 1.165) is 25.0 Å². The first-order valence-corrected chi connectivity index (χ1v) is 6.47. The Morgan fingerprint density at radius 1 is 1.45 bits per heavy atom. The van der Waals surface area contributed by atoms with Crippen LogP contribution in [0, 0.1) is 0 Å². The van der Waals surface area contributed by atoms with Gasteiger partial charge in [0.25, 0.3) is 5.91 Å². The summed E-state index contributed by atoms with van der Waals surface area (Å²) in [6.45, 7) is 2.45. The molecule has 1 aliphatic rings. The van der Waals surface area contributed by atoms with Gasteiger partial charge in [0.1, 0.15) is 0 Å². The second-order valence-electron chi connectivity index (χ2n) is 4.89. The second-order valence-corrected chi connectivity index (χ2v) is 4.89. The number of hydrogen-bond acceptors (Lipinski definition) is 2. The lowest BCUT2D eigenvalue weighted by atomic mass is 10.1. The highest BCUT2D eigenvalue weighted by Crippen LogP contribution is 2.29. The van der Waals surface area contributed by atoms with Crippen LogP contribution in [-0.4, -0.2) is 24.7 Å². The van der Waals surface area contributed by atoms with Crippen molar-refractivity contribution in [2.24, 2.45) is 0 Å². The lowest BCUT2D eigenvalue weighted by Gasteiger charge is -2.20. The molecule has 1 fully saturated rings. The summed E-state index contributed by atoms with van der Waals surface area (Å²) >= 11 is 0. The summed E-state index contributed by atoms with van der Waals surface area (Å²) in [6.07, 6.45) is -2.72. The van der Waals surface area contributed by atoms with E-state index >= 15 is 0 Å². The summed E-state index contributed by atoms with van der Waals surface area (Å²) in [7, 11) is 0. The van der Waals surface area contributed by atoms with Crippen LogP contribution in [0.5, 0.6) is 0 Å². The SMILES string of the molecule is C[C@H](NC(=O)c1cccc(C(F)(F)F)c1)[C@@H]1CCCO1. The van der Waals surface area contributed by atoms with Gasteiger partial charge in [-0.1, -0.05) is 6.07 Å². The first-order valence-electron chi connectivity index (χ1n) is 6.47. The van der Waals surface area contributed by atoms with E-state index in [4.69, 9.17) is 4.74 Å². The normalized spacial score (nSPS) is 20.7. The standard InChI is InChI=1S/C14H16F3NO2/c1-9(12-6-3-7-20-12)18-13(19)10-4-2-5-11(8-10)14(15,16)17/h2,4-5,8-9,12H,3,6-7H2,1H3,(H,18,19)/t9-,12-/m0/s1. The Hall–Kier alpha value is -1.56. The van der Waals surface area contributed by atoms with E-state index in [-0.39, 0.29) is 17.7 Å². The van der Waals surface area contributed by atoms with Crippen LogP contribution >= 0.6 is 0 Å². The number of alkyl halides is 3. The number of benzene rings is 1. The number of carbonyl (C=O) groups is 1. The number of rotatable bonds is 3. The van der Waals surface area contributed by atoms with Crippen LogP contribution in [0.15, 0.2) is 24.3 Å². The van der Waals surface area contributed by atoms with Gasteiger partial charge < -0.3 is 10.1 Å². The van der Waals surface area contributed by atoms with Gasteiger partial charge in [-0.05, 0) is 38.0 Å². The van der Waals surface area contributed by atoms with Gasteiger partial charge in [-0.2, -0.15) is 13.2 Å². The van der Waals surface area contributed by atoms with Crippen LogP contribution in [0.4, 0.5) is 13.2 Å². The highest BCUT2D eigenvalue weighted by atomic mass is 19.4. The van der Waals surface area contributed by atoms with E-state index in [1.807, 2.05) is 0 Å². The fourth-order valence-electron chi connectivity index (χ4n) is 2.22. The highest BCUT2D eigenvalue weighted by Gasteiger charge is 2.31. The summed E-state index contributed by atoms with van der Waals surface area (Å²) in [4.78, 5) is 12.0. The number of carbonyl (C=O) groups excluding carboxylic acids is 1. The van der Waals surface area contributed by atoms with Crippen molar-refractivity contribution in [1.29, 1.82) is 0 Å². The van der Waals surface area contributed by atoms with Crippen molar-refractivity contribution >= 4 is 5.91 Å². The Balaban J connectivity index is 2.05. The van der Waals surface area contributed by atoms with Crippen molar-refractivity contribution in [2.45, 2.75) is 38.1 Å². The van der Waals surface area contributed by atoms with Gasteiger partial charge in [0, 0.05) is 12.2 Å². The number of halogens is 3. The van der Waals surface area contributed by atoms with E-state index in [0.29, 0.717) is 6.61 Å². The fraction of sp³-hybridized carbons (Fsp3) is 0.500. The minimum atomic E-state index is -4.45. The maximum absolute atomic E-state index is 12.6. The molecule has 20 heavy (non-hydrogen) atoms. The molecule has 2 atom stereocenters. The van der Waals surface area contributed by atoms with Crippen molar-refractivity contribution in [2.75, 3.05) is 6.61 Å². The molecule has 0 spiro atoms. The molecule has 0 unspecified atom stereocenters. The molecule has 1 saturated heterocycles. The van der Waals surface area contributed by atoms with Crippen LogP contribution in [0.2, 0.25) is 0 Å². The van der Waals surface area contributed by atoms with Gasteiger partial charge in [-0.15, -0.1) is 0 Å². The minimum absolute atomic E-state index is 0.00433. The molecule has 3 nitrogen and oxygen atoms in total. The number of nitrogens with one attached hydrogen (secondary N) is 1. The summed E-state index contributed by atoms with van der Waals surface area (Å²) in [5, 5.41) is 2.69. The van der Waals surface area contributed by atoms with Gasteiger partial charge in [0.2, 0.25) is 0 Å². The van der Waals surface area contributed by atoms with Crippen molar-refractivity contribution in [1.82, 2.24) is 5.32 Å². The Labute approximate surface area is 115 Å². The summed E-state index contributed by atoms with van der Waals surface area (Å²) in [5.41, 5.74) is -0.820.